The molecule has 2 nitrogen and oxygen atoms in total. The summed E-state index contributed by atoms with van der Waals surface area (Å²) >= 11 is 6.15. The van der Waals surface area contributed by atoms with Gasteiger partial charge in [-0.2, -0.15) is 0 Å². The molecule has 1 aromatic carbocycles. The molecule has 0 amide bonds. The minimum atomic E-state index is 0.347. The molecule has 0 saturated carbocycles. The van der Waals surface area contributed by atoms with E-state index in [2.05, 4.69) is 34.1 Å². The largest absolute Gasteiger partial charge is 0.371 e. The zero-order chi connectivity index (χ0) is 11.7. The first-order chi connectivity index (χ1) is 8.34. The smallest absolute Gasteiger partial charge is 0.0722 e. The Hall–Kier alpha value is -1.28. The van der Waals surface area contributed by atoms with Crippen LogP contribution in [0.2, 0.25) is 0 Å². The third kappa shape index (κ3) is 2.09. The van der Waals surface area contributed by atoms with E-state index in [4.69, 9.17) is 11.6 Å². The molecule has 2 heterocycles. The van der Waals surface area contributed by atoms with Gasteiger partial charge in [-0.05, 0) is 25.0 Å². The van der Waals surface area contributed by atoms with Gasteiger partial charge in [0.15, 0.2) is 0 Å². The quantitative estimate of drug-likeness (QED) is 0.717. The van der Waals surface area contributed by atoms with Gasteiger partial charge in [0.2, 0.25) is 0 Å². The molecule has 0 radical (unpaired) electrons. The van der Waals surface area contributed by atoms with Gasteiger partial charge in [-0.3, -0.25) is 4.98 Å². The van der Waals surface area contributed by atoms with Crippen LogP contribution < -0.4 is 4.90 Å². The molecule has 17 heavy (non-hydrogen) atoms. The van der Waals surface area contributed by atoms with Crippen LogP contribution in [0.1, 0.15) is 12.8 Å². The van der Waals surface area contributed by atoms with E-state index in [1.807, 2.05) is 12.3 Å². The summed E-state index contributed by atoms with van der Waals surface area (Å²) in [7, 11) is 0. The Morgan fingerprint density at radius 1 is 1.12 bits per heavy atom. The number of nitrogens with zero attached hydrogens (tertiary/aromatic N) is 2. The van der Waals surface area contributed by atoms with E-state index < -0.39 is 0 Å². The van der Waals surface area contributed by atoms with E-state index in [1.54, 1.807) is 0 Å². The van der Waals surface area contributed by atoms with Gasteiger partial charge in [0.25, 0.3) is 0 Å². The number of hydrogen-bond donors (Lipinski definition) is 0. The summed E-state index contributed by atoms with van der Waals surface area (Å²) in [4.78, 5) is 6.82. The van der Waals surface area contributed by atoms with E-state index in [9.17, 15) is 0 Å². The Morgan fingerprint density at radius 2 is 1.88 bits per heavy atom. The lowest BCUT2D eigenvalue weighted by Crippen LogP contribution is -2.34. The van der Waals surface area contributed by atoms with Crippen molar-refractivity contribution in [2.75, 3.05) is 18.0 Å². The van der Waals surface area contributed by atoms with Gasteiger partial charge in [-0.15, -0.1) is 11.6 Å². The van der Waals surface area contributed by atoms with Crippen LogP contribution in [-0.4, -0.2) is 23.5 Å². The molecule has 1 saturated heterocycles. The van der Waals surface area contributed by atoms with Gasteiger partial charge in [0, 0.05) is 35.7 Å². The van der Waals surface area contributed by atoms with Crippen molar-refractivity contribution < 1.29 is 0 Å². The molecule has 0 atom stereocenters. The number of piperidine rings is 1. The van der Waals surface area contributed by atoms with E-state index in [1.165, 1.54) is 11.1 Å². The molecule has 1 aromatic heterocycles. The number of hydrogen-bond acceptors (Lipinski definition) is 2. The van der Waals surface area contributed by atoms with Gasteiger partial charge < -0.3 is 4.90 Å². The van der Waals surface area contributed by atoms with Gasteiger partial charge in [-0.25, -0.2) is 0 Å². The van der Waals surface area contributed by atoms with Gasteiger partial charge in [0.1, 0.15) is 0 Å². The Labute approximate surface area is 106 Å². The van der Waals surface area contributed by atoms with Gasteiger partial charge >= 0.3 is 0 Å². The highest BCUT2D eigenvalue weighted by Gasteiger charge is 2.18. The number of aromatic nitrogens is 1. The zero-order valence-corrected chi connectivity index (χ0v) is 10.4. The summed E-state index contributed by atoms with van der Waals surface area (Å²) in [6, 6.07) is 10.4. The number of halogens is 1. The fourth-order valence-corrected chi connectivity index (χ4v) is 2.64. The molecule has 88 valence electrons. The van der Waals surface area contributed by atoms with Crippen molar-refractivity contribution in [3.63, 3.8) is 0 Å². The normalized spacial score (nSPS) is 17.6. The molecule has 1 aliphatic heterocycles. The molecular formula is C14H15ClN2. The molecular weight excluding hydrogens is 232 g/mol. The van der Waals surface area contributed by atoms with Crippen LogP contribution >= 0.6 is 11.6 Å². The maximum atomic E-state index is 6.15. The van der Waals surface area contributed by atoms with Crippen LogP contribution in [0.15, 0.2) is 36.5 Å². The SMILES string of the molecule is ClC1CCN(c2ccnc3ccccc23)CC1. The number of para-hydroxylation sites is 1. The Kier molecular flexibility index (Phi) is 2.89. The molecule has 3 heteroatoms. The molecule has 0 unspecified atom stereocenters. The van der Waals surface area contributed by atoms with Crippen LogP contribution in [0.3, 0.4) is 0 Å². The number of alkyl halides is 1. The van der Waals surface area contributed by atoms with Crippen molar-refractivity contribution in [3.8, 4) is 0 Å². The van der Waals surface area contributed by atoms with Crippen molar-refractivity contribution >= 4 is 28.2 Å². The van der Waals surface area contributed by atoms with E-state index >= 15 is 0 Å². The monoisotopic (exact) mass is 246 g/mol. The number of fused-ring (bicyclic) bond motifs is 1. The Bertz CT molecular complexity index is 513. The van der Waals surface area contributed by atoms with Crippen LogP contribution in [0.5, 0.6) is 0 Å². The third-order valence-corrected chi connectivity index (χ3v) is 3.83. The summed E-state index contributed by atoms with van der Waals surface area (Å²) in [6.45, 7) is 2.09. The fourth-order valence-electron chi connectivity index (χ4n) is 2.45. The maximum absolute atomic E-state index is 6.15. The van der Waals surface area contributed by atoms with Gasteiger partial charge in [0.05, 0.1) is 5.52 Å². The van der Waals surface area contributed by atoms with Gasteiger partial charge in [-0.1, -0.05) is 18.2 Å². The van der Waals surface area contributed by atoms with Crippen LogP contribution in [0, 0.1) is 0 Å². The number of benzene rings is 1. The molecule has 1 fully saturated rings. The van der Waals surface area contributed by atoms with Crippen LogP contribution in [0.4, 0.5) is 5.69 Å². The molecule has 0 N–H and O–H groups in total. The first kappa shape index (κ1) is 10.8. The lowest BCUT2D eigenvalue weighted by molar-refractivity contribution is 0.586. The highest BCUT2D eigenvalue weighted by molar-refractivity contribution is 6.20. The van der Waals surface area contributed by atoms with E-state index in [0.717, 1.165) is 31.4 Å². The summed E-state index contributed by atoms with van der Waals surface area (Å²) < 4.78 is 0. The average molecular weight is 247 g/mol. The standard InChI is InChI=1S/C14H15ClN2/c15-11-6-9-17(10-7-11)14-5-8-16-13-4-2-1-3-12(13)14/h1-5,8,11H,6-7,9-10H2. The van der Waals surface area contributed by atoms with Crippen molar-refractivity contribution in [1.29, 1.82) is 0 Å². The van der Waals surface area contributed by atoms with E-state index in [0.29, 0.717) is 5.38 Å². The Morgan fingerprint density at radius 3 is 2.71 bits per heavy atom. The highest BCUT2D eigenvalue weighted by atomic mass is 35.5. The van der Waals surface area contributed by atoms with E-state index in [-0.39, 0.29) is 0 Å². The number of pyridine rings is 1. The van der Waals surface area contributed by atoms with Crippen molar-refractivity contribution in [3.05, 3.63) is 36.5 Å². The molecule has 0 spiro atoms. The second kappa shape index (κ2) is 4.53. The topological polar surface area (TPSA) is 16.1 Å². The summed E-state index contributed by atoms with van der Waals surface area (Å²) in [5.41, 5.74) is 2.36. The number of rotatable bonds is 1. The summed E-state index contributed by atoms with van der Waals surface area (Å²) in [6.07, 6.45) is 4.03. The second-order valence-corrected chi connectivity index (χ2v) is 5.13. The predicted octanol–water partition coefficient (Wildman–Crippen LogP) is 3.44. The fraction of sp³-hybridized carbons (Fsp3) is 0.357. The average Bonchev–Trinajstić information content (AvgIpc) is 2.39. The minimum Gasteiger partial charge on any atom is -0.371 e. The molecule has 1 aliphatic rings. The maximum Gasteiger partial charge on any atom is 0.0722 e. The van der Waals surface area contributed by atoms with Crippen LogP contribution in [0.25, 0.3) is 10.9 Å². The molecule has 2 aromatic rings. The minimum absolute atomic E-state index is 0.347. The zero-order valence-electron chi connectivity index (χ0n) is 9.64. The lowest BCUT2D eigenvalue weighted by Gasteiger charge is -2.31. The predicted molar refractivity (Wildman–Crippen MR) is 72.8 cm³/mol. The lowest BCUT2D eigenvalue weighted by atomic mass is 10.1. The second-order valence-electron chi connectivity index (χ2n) is 4.51. The third-order valence-electron chi connectivity index (χ3n) is 3.39. The summed E-state index contributed by atoms with van der Waals surface area (Å²) in [5.74, 6) is 0. The highest BCUT2D eigenvalue weighted by Crippen LogP contribution is 2.28. The molecule has 3 rings (SSSR count). The molecule has 0 bridgehead atoms. The number of anilines is 1. The summed E-state index contributed by atoms with van der Waals surface area (Å²) in [5, 5.41) is 1.59. The first-order valence-corrected chi connectivity index (χ1v) is 6.51. The van der Waals surface area contributed by atoms with Crippen molar-refractivity contribution in [2.45, 2.75) is 18.2 Å². The first-order valence-electron chi connectivity index (χ1n) is 6.07. The van der Waals surface area contributed by atoms with Crippen molar-refractivity contribution in [2.24, 2.45) is 0 Å². The van der Waals surface area contributed by atoms with Crippen LogP contribution in [-0.2, 0) is 0 Å². The van der Waals surface area contributed by atoms with Crippen molar-refractivity contribution in [1.82, 2.24) is 4.98 Å². The molecule has 0 aliphatic carbocycles. The Balaban J connectivity index is 2.00.